The van der Waals surface area contributed by atoms with Crippen LogP contribution in [0.3, 0.4) is 0 Å². The van der Waals surface area contributed by atoms with E-state index in [2.05, 4.69) is 5.32 Å². The van der Waals surface area contributed by atoms with Gasteiger partial charge < -0.3 is 11.1 Å². The highest BCUT2D eigenvalue weighted by atomic mass is 35.5. The van der Waals surface area contributed by atoms with Gasteiger partial charge in [0.1, 0.15) is 0 Å². The molecule has 0 heterocycles. The van der Waals surface area contributed by atoms with E-state index in [-0.39, 0.29) is 24.4 Å². The third kappa shape index (κ3) is 3.22. The van der Waals surface area contributed by atoms with Crippen molar-refractivity contribution in [1.82, 2.24) is 0 Å². The Morgan fingerprint density at radius 3 is 2.38 bits per heavy atom. The van der Waals surface area contributed by atoms with Crippen molar-refractivity contribution in [3.8, 4) is 0 Å². The monoisotopic (exact) mass is 240 g/mol. The van der Waals surface area contributed by atoms with Crippen LogP contribution in [-0.4, -0.2) is 5.91 Å². The van der Waals surface area contributed by atoms with Gasteiger partial charge in [-0.25, -0.2) is 0 Å². The Morgan fingerprint density at radius 2 is 1.94 bits per heavy atom. The summed E-state index contributed by atoms with van der Waals surface area (Å²) in [6, 6.07) is 7.96. The molecule has 0 spiro atoms. The van der Waals surface area contributed by atoms with Crippen LogP contribution < -0.4 is 11.1 Å². The van der Waals surface area contributed by atoms with Crippen LogP contribution in [0.15, 0.2) is 24.3 Å². The lowest BCUT2D eigenvalue weighted by Gasteiger charge is -2.11. The molecule has 0 saturated heterocycles. The molecule has 0 aromatic heterocycles. The van der Waals surface area contributed by atoms with Crippen LogP contribution in [-0.2, 0) is 4.79 Å². The molecule has 0 aliphatic heterocycles. The number of amides is 1. The van der Waals surface area contributed by atoms with Crippen molar-refractivity contribution in [2.75, 3.05) is 5.32 Å². The Hall–Kier alpha value is -1.06. The second kappa shape index (κ2) is 5.32. The zero-order chi connectivity index (χ0) is 10.8. The second-order valence-corrected chi connectivity index (χ2v) is 4.17. The zero-order valence-electron chi connectivity index (χ0n) is 9.27. The van der Waals surface area contributed by atoms with E-state index in [0.29, 0.717) is 5.92 Å². The maximum atomic E-state index is 10.8. The fourth-order valence-electron chi connectivity index (χ4n) is 1.72. The van der Waals surface area contributed by atoms with Crippen molar-refractivity contribution < 1.29 is 4.79 Å². The number of halogens is 1. The molecule has 16 heavy (non-hydrogen) atoms. The molecule has 88 valence electrons. The van der Waals surface area contributed by atoms with Gasteiger partial charge in [-0.05, 0) is 36.5 Å². The summed E-state index contributed by atoms with van der Waals surface area (Å²) in [6.45, 7) is 1.50. The average molecular weight is 241 g/mol. The predicted octanol–water partition coefficient (Wildman–Crippen LogP) is 2.48. The van der Waals surface area contributed by atoms with Crippen LogP contribution in [0.5, 0.6) is 0 Å². The van der Waals surface area contributed by atoms with Crippen LogP contribution in [0.2, 0.25) is 0 Å². The number of carbonyl (C=O) groups is 1. The van der Waals surface area contributed by atoms with E-state index in [1.807, 2.05) is 24.3 Å². The third-order valence-electron chi connectivity index (χ3n) is 2.75. The first-order valence-electron chi connectivity index (χ1n) is 5.30. The second-order valence-electron chi connectivity index (χ2n) is 4.17. The Morgan fingerprint density at radius 1 is 1.38 bits per heavy atom. The van der Waals surface area contributed by atoms with E-state index >= 15 is 0 Å². The maximum absolute atomic E-state index is 10.8. The highest BCUT2D eigenvalue weighted by Gasteiger charge is 2.29. The van der Waals surface area contributed by atoms with Gasteiger partial charge in [-0.3, -0.25) is 4.79 Å². The molecule has 0 radical (unpaired) electrons. The van der Waals surface area contributed by atoms with E-state index in [1.165, 1.54) is 19.8 Å². The number of rotatable bonds is 3. The zero-order valence-corrected chi connectivity index (χ0v) is 10.1. The summed E-state index contributed by atoms with van der Waals surface area (Å²) in [7, 11) is 0. The highest BCUT2D eigenvalue weighted by molar-refractivity contribution is 5.88. The summed E-state index contributed by atoms with van der Waals surface area (Å²) in [4.78, 5) is 10.8. The molecule has 1 aromatic rings. The number of anilines is 1. The van der Waals surface area contributed by atoms with Gasteiger partial charge in [0.25, 0.3) is 0 Å². The summed E-state index contributed by atoms with van der Waals surface area (Å²) in [5.74, 6) is 0.617. The van der Waals surface area contributed by atoms with Crippen molar-refractivity contribution in [2.45, 2.75) is 25.8 Å². The first-order valence-corrected chi connectivity index (χ1v) is 5.30. The first kappa shape index (κ1) is 13.0. The van der Waals surface area contributed by atoms with Crippen LogP contribution >= 0.6 is 12.4 Å². The van der Waals surface area contributed by atoms with Crippen LogP contribution in [0.1, 0.15) is 31.4 Å². The van der Waals surface area contributed by atoms with Gasteiger partial charge in [-0.1, -0.05) is 12.1 Å². The Labute approximate surface area is 102 Å². The van der Waals surface area contributed by atoms with E-state index in [0.717, 1.165) is 11.3 Å². The van der Waals surface area contributed by atoms with E-state index < -0.39 is 0 Å². The van der Waals surface area contributed by atoms with Gasteiger partial charge in [0, 0.05) is 18.7 Å². The van der Waals surface area contributed by atoms with Crippen molar-refractivity contribution in [1.29, 1.82) is 0 Å². The highest BCUT2D eigenvalue weighted by Crippen LogP contribution is 2.39. The van der Waals surface area contributed by atoms with Crippen molar-refractivity contribution in [3.05, 3.63) is 29.8 Å². The molecule has 1 saturated carbocycles. The van der Waals surface area contributed by atoms with E-state index in [4.69, 9.17) is 5.73 Å². The largest absolute Gasteiger partial charge is 0.326 e. The number of benzene rings is 1. The lowest BCUT2D eigenvalue weighted by Crippen LogP contribution is -2.12. The molecule has 3 N–H and O–H groups in total. The molecule has 1 aliphatic rings. The van der Waals surface area contributed by atoms with Crippen molar-refractivity contribution >= 4 is 24.0 Å². The van der Waals surface area contributed by atoms with Gasteiger partial charge >= 0.3 is 0 Å². The number of hydrogen-bond acceptors (Lipinski definition) is 2. The van der Waals surface area contributed by atoms with Gasteiger partial charge in [-0.2, -0.15) is 0 Å². The van der Waals surface area contributed by atoms with Crippen LogP contribution in [0.4, 0.5) is 5.69 Å². The lowest BCUT2D eigenvalue weighted by atomic mass is 10.0. The average Bonchev–Trinajstić information content (AvgIpc) is 3.00. The predicted molar refractivity (Wildman–Crippen MR) is 67.6 cm³/mol. The molecule has 1 fully saturated rings. The standard InChI is InChI=1S/C12H16N2O.ClH/c1-8(15)14-11-6-4-10(5-7-11)12(13)9-2-3-9;/h4-7,9,12H,2-3,13H2,1H3,(H,14,15);1H/t12-;/m1./s1. The molecule has 1 atom stereocenters. The SMILES string of the molecule is CC(=O)Nc1ccc([C@H](N)C2CC2)cc1.Cl. The summed E-state index contributed by atoms with van der Waals surface area (Å²) in [6.07, 6.45) is 2.49. The van der Waals surface area contributed by atoms with Crippen molar-refractivity contribution in [2.24, 2.45) is 11.7 Å². The van der Waals surface area contributed by atoms with E-state index in [1.54, 1.807) is 0 Å². The summed E-state index contributed by atoms with van der Waals surface area (Å²) in [5, 5.41) is 2.74. The number of carbonyl (C=O) groups excluding carboxylic acids is 1. The number of nitrogens with two attached hydrogens (primary N) is 1. The minimum atomic E-state index is -0.0470. The minimum absolute atomic E-state index is 0. The van der Waals surface area contributed by atoms with Gasteiger partial charge in [0.2, 0.25) is 5.91 Å². The number of hydrogen-bond donors (Lipinski definition) is 2. The number of nitrogens with one attached hydrogen (secondary N) is 1. The molecule has 0 bridgehead atoms. The van der Waals surface area contributed by atoms with Gasteiger partial charge in [0.15, 0.2) is 0 Å². The molecule has 1 amide bonds. The van der Waals surface area contributed by atoms with Crippen LogP contribution in [0.25, 0.3) is 0 Å². The summed E-state index contributed by atoms with van der Waals surface area (Å²) < 4.78 is 0. The summed E-state index contributed by atoms with van der Waals surface area (Å²) >= 11 is 0. The Bertz CT molecular complexity index is 360. The third-order valence-corrected chi connectivity index (χ3v) is 2.75. The lowest BCUT2D eigenvalue weighted by molar-refractivity contribution is -0.114. The quantitative estimate of drug-likeness (QED) is 0.853. The van der Waals surface area contributed by atoms with Crippen molar-refractivity contribution in [3.63, 3.8) is 0 Å². The first-order chi connectivity index (χ1) is 7.16. The van der Waals surface area contributed by atoms with Gasteiger partial charge in [0.05, 0.1) is 0 Å². The summed E-state index contributed by atoms with van der Waals surface area (Å²) in [5.41, 5.74) is 8.05. The molecule has 1 aromatic carbocycles. The Kier molecular flexibility index (Phi) is 4.33. The minimum Gasteiger partial charge on any atom is -0.326 e. The fraction of sp³-hybridized carbons (Fsp3) is 0.417. The van der Waals surface area contributed by atoms with Crippen LogP contribution in [0, 0.1) is 5.92 Å². The molecule has 3 nitrogen and oxygen atoms in total. The van der Waals surface area contributed by atoms with Gasteiger partial charge in [-0.15, -0.1) is 12.4 Å². The molecular weight excluding hydrogens is 224 g/mol. The molecule has 1 aliphatic carbocycles. The smallest absolute Gasteiger partial charge is 0.221 e. The Balaban J connectivity index is 0.00000128. The topological polar surface area (TPSA) is 55.1 Å². The molecule has 4 heteroatoms. The molecule has 0 unspecified atom stereocenters. The molecular formula is C12H17ClN2O. The molecule has 2 rings (SSSR count). The normalized spacial score (nSPS) is 16.1. The van der Waals surface area contributed by atoms with E-state index in [9.17, 15) is 4.79 Å². The fourth-order valence-corrected chi connectivity index (χ4v) is 1.72. The maximum Gasteiger partial charge on any atom is 0.221 e.